The van der Waals surface area contributed by atoms with E-state index < -0.39 is 20.2 Å². The molecule has 110 heavy (non-hydrogen) atoms. The van der Waals surface area contributed by atoms with E-state index in [9.17, 15) is 31.2 Å². The van der Waals surface area contributed by atoms with Gasteiger partial charge in [0.2, 0.25) is 0 Å². The molecule has 0 spiro atoms. The average Bonchev–Trinajstić information content (AvgIpc) is 1.71. The van der Waals surface area contributed by atoms with Crippen LogP contribution in [0.2, 0.25) is 0 Å². The van der Waals surface area contributed by atoms with Crippen molar-refractivity contribution in [3.63, 3.8) is 0 Å². The van der Waals surface area contributed by atoms with Gasteiger partial charge in [0.15, 0.2) is 0 Å². The molecule has 0 aromatic rings. The standard InChI is InChI=1S/C16H36N.3C12H20O2.2C10H18O3S.2C10H18O.H2O/c1-5-9-13-17(14-10-6-2,15-11-7-3)16-12-8-4;3*1-7-8(2)12-5-10(7)4-11(12)6-14-9(3)13;2*1-6-7(2)10-4-8(6)3-9(10)5-14(11,12)13;2*1-6-7(2)10-4-8(6)3-9(10)5-11;/h5-16H2,1-4H3;3*7-8,10-12H,4-6H2,1-3H3;2*6-10H,3-5H2,1-2H3,(H,11,12,13);2*6-11H,3-5H2,1-2H3;1H2/q+1;;;;;;;;/p-1. The number of ether oxygens (including phenoxy) is 3. The summed E-state index contributed by atoms with van der Waals surface area (Å²) in [5, 5.41) is 18.2. The third kappa shape index (κ3) is 25.3. The molecule has 0 radical (unpaired) electrons. The molecule has 35 atom stereocenters. The van der Waals surface area contributed by atoms with Crippen LogP contribution in [0.4, 0.5) is 0 Å². The SMILES string of the molecule is CC(=O)OCC1CC2CC1C(C)C2C.CC(=O)OCC1CC2CC1C(C)C2C.CC(=O)OCC1CC2CC1C(C)C2C.CC1C2CC(CO)C(C2)C1C.CC1C2CC(CO)C(C2)C1C.CC1C2CC(CS(=O)(=O)O)C(C2)C1C.CC1C2CC(CS(=O)(=O)O)C(C2)C1C.CCCC[N+](CCCC)(CCCC)CCCC.[OH-]. The second kappa shape index (κ2) is 43.7. The Bertz CT molecular complexity index is 2710. The minimum atomic E-state index is -3.77. The first-order chi connectivity index (χ1) is 51.3. The van der Waals surface area contributed by atoms with E-state index in [-0.39, 0.29) is 46.7 Å². The van der Waals surface area contributed by atoms with Gasteiger partial charge in [0.05, 0.1) is 57.5 Å². The van der Waals surface area contributed by atoms with E-state index in [0.717, 1.165) is 143 Å². The van der Waals surface area contributed by atoms with Gasteiger partial charge in [-0.25, -0.2) is 0 Å². The van der Waals surface area contributed by atoms with Gasteiger partial charge in [0.1, 0.15) is 0 Å². The molecule has 14 aliphatic carbocycles. The molecule has 16 nitrogen and oxygen atoms in total. The number of carbonyl (C=O) groups excluding carboxylic acids is 3. The largest absolute Gasteiger partial charge is 0.870 e. The molecule has 0 aromatic heterocycles. The van der Waals surface area contributed by atoms with Gasteiger partial charge < -0.3 is 34.4 Å². The lowest BCUT2D eigenvalue weighted by Gasteiger charge is -2.39. The number of quaternary nitrogens is 1. The lowest BCUT2D eigenvalue weighted by atomic mass is 9.76. The number of hydrogen-bond donors (Lipinski definition) is 4. The maximum atomic E-state index is 10.8. The zero-order chi connectivity index (χ0) is 80.9. The van der Waals surface area contributed by atoms with E-state index in [1.807, 2.05) is 0 Å². The Labute approximate surface area is 673 Å². The summed E-state index contributed by atoms with van der Waals surface area (Å²) in [5.74, 6) is 25.8. The van der Waals surface area contributed by atoms with Crippen LogP contribution in [-0.2, 0) is 48.8 Å². The highest BCUT2D eigenvalue weighted by molar-refractivity contribution is 7.86. The summed E-state index contributed by atoms with van der Waals surface area (Å²) in [5.41, 5.74) is 0. The van der Waals surface area contributed by atoms with Crippen LogP contribution in [-0.4, -0.2) is 135 Å². The molecule has 35 unspecified atom stereocenters. The monoisotopic (exact) mass is 1590 g/mol. The number of unbranched alkanes of at least 4 members (excludes halogenated alkanes) is 4. The van der Waals surface area contributed by atoms with Crippen LogP contribution in [0, 0.1) is 207 Å². The maximum absolute atomic E-state index is 10.8. The summed E-state index contributed by atoms with van der Waals surface area (Å²) in [6.07, 6.45) is 28.7. The number of fused-ring (bicyclic) bond motifs is 14. The highest BCUT2D eigenvalue weighted by atomic mass is 32.2. The molecule has 14 fully saturated rings. The van der Waals surface area contributed by atoms with Crippen LogP contribution in [0.3, 0.4) is 0 Å². The topological polar surface area (TPSA) is 258 Å². The van der Waals surface area contributed by atoms with E-state index in [4.69, 9.17) is 33.5 Å². The first kappa shape index (κ1) is 96.9. The number of hydrogen-bond acceptors (Lipinski definition) is 13. The highest BCUT2D eigenvalue weighted by Crippen LogP contribution is 2.60. The lowest BCUT2D eigenvalue weighted by molar-refractivity contribution is -0.929. The Morgan fingerprint density at radius 1 is 0.300 bits per heavy atom. The third-order valence-electron chi connectivity index (χ3n) is 35.0. The highest BCUT2D eigenvalue weighted by Gasteiger charge is 2.55. The molecule has 14 rings (SSSR count). The molecule has 14 saturated carbocycles. The molecule has 14 bridgehead atoms. The maximum Gasteiger partial charge on any atom is 0.302 e. The van der Waals surface area contributed by atoms with Gasteiger partial charge in [-0.1, -0.05) is 150 Å². The molecule has 0 aromatic carbocycles. The minimum absolute atomic E-state index is 0. The number of esters is 3. The van der Waals surface area contributed by atoms with Crippen LogP contribution in [0.15, 0.2) is 0 Å². The molecule has 0 heterocycles. The fraction of sp³-hybridized carbons (Fsp3) is 0.967. The molecule has 0 aliphatic heterocycles. The summed E-state index contributed by atoms with van der Waals surface area (Å²) in [6, 6.07) is 0. The molecule has 5 N–H and O–H groups in total. The van der Waals surface area contributed by atoms with E-state index >= 15 is 0 Å². The smallest absolute Gasteiger partial charge is 0.302 e. The van der Waals surface area contributed by atoms with Gasteiger partial charge in [0, 0.05) is 34.0 Å². The Morgan fingerprint density at radius 2 is 0.473 bits per heavy atom. The van der Waals surface area contributed by atoms with Gasteiger partial charge >= 0.3 is 17.9 Å². The number of aliphatic hydroxyl groups excluding tert-OH is 2. The third-order valence-corrected chi connectivity index (χ3v) is 36.7. The van der Waals surface area contributed by atoms with Crippen LogP contribution in [0.25, 0.3) is 0 Å². The predicted octanol–water partition coefficient (Wildman–Crippen LogP) is 19.7. The van der Waals surface area contributed by atoms with Gasteiger partial charge in [-0.2, -0.15) is 16.8 Å². The Hall–Kier alpha value is -1.93. The summed E-state index contributed by atoms with van der Waals surface area (Å²) in [4.78, 5) is 32.2. The second-order valence-electron chi connectivity index (χ2n) is 40.5. The van der Waals surface area contributed by atoms with Crippen molar-refractivity contribution < 1.29 is 74.7 Å². The molecular formula is C92H169NO15S2. The van der Waals surface area contributed by atoms with Crippen molar-refractivity contribution in [3.8, 4) is 0 Å². The van der Waals surface area contributed by atoms with Crippen molar-refractivity contribution in [2.45, 2.75) is 287 Å². The fourth-order valence-electron chi connectivity index (χ4n) is 26.9. The molecular weight excluding hydrogens is 1420 g/mol. The number of rotatable bonds is 24. The quantitative estimate of drug-likeness (QED) is 0.0303. The van der Waals surface area contributed by atoms with Crippen molar-refractivity contribution in [2.75, 3.05) is 70.7 Å². The number of carbonyl (C=O) groups is 3. The van der Waals surface area contributed by atoms with E-state index in [0.29, 0.717) is 98.1 Å². The van der Waals surface area contributed by atoms with Crippen molar-refractivity contribution in [2.24, 2.45) is 207 Å². The molecule has 0 saturated heterocycles. The molecule has 0 amide bonds. The fourth-order valence-corrected chi connectivity index (χ4v) is 28.7. The zero-order valence-corrected chi connectivity index (χ0v) is 75.3. The van der Waals surface area contributed by atoms with E-state index in [2.05, 4.69) is 125 Å². The predicted molar refractivity (Wildman–Crippen MR) is 444 cm³/mol. The van der Waals surface area contributed by atoms with Crippen LogP contribution < -0.4 is 0 Å². The molecule has 14 aliphatic rings. The summed E-state index contributed by atoms with van der Waals surface area (Å²) >= 11 is 0. The van der Waals surface area contributed by atoms with Crippen molar-refractivity contribution in [1.82, 2.24) is 0 Å². The summed E-state index contributed by atoms with van der Waals surface area (Å²) in [7, 11) is -7.54. The first-order valence-corrected chi connectivity index (χ1v) is 48.8. The van der Waals surface area contributed by atoms with Crippen molar-refractivity contribution in [1.29, 1.82) is 0 Å². The van der Waals surface area contributed by atoms with Crippen LogP contribution in [0.1, 0.15) is 287 Å². The number of nitrogens with zero attached hydrogens (tertiary/aromatic N) is 1. The molecule has 644 valence electrons. The Kier molecular flexibility index (Phi) is 38.5. The van der Waals surface area contributed by atoms with Gasteiger partial charge in [-0.3, -0.25) is 23.5 Å². The lowest BCUT2D eigenvalue weighted by Crippen LogP contribution is -2.50. The summed E-state index contributed by atoms with van der Waals surface area (Å²) < 4.78 is 77.7. The van der Waals surface area contributed by atoms with E-state index in [1.165, 1.54) is 180 Å². The number of aliphatic hydroxyl groups is 2. The first-order valence-electron chi connectivity index (χ1n) is 45.6. The Balaban J connectivity index is 0.000000196. The van der Waals surface area contributed by atoms with Gasteiger partial charge in [0.25, 0.3) is 20.2 Å². The normalized spacial score (nSPS) is 42.3. The van der Waals surface area contributed by atoms with Crippen molar-refractivity contribution >= 4 is 38.1 Å². The van der Waals surface area contributed by atoms with Gasteiger partial charge in [-0.05, 0) is 323 Å². The van der Waals surface area contributed by atoms with Crippen LogP contribution in [0.5, 0.6) is 0 Å². The van der Waals surface area contributed by atoms with Gasteiger partial charge in [-0.15, -0.1) is 0 Å². The summed E-state index contributed by atoms with van der Waals surface area (Å²) in [6.45, 7) is 55.0. The zero-order valence-electron chi connectivity index (χ0n) is 73.6. The average molecular weight is 1590 g/mol. The minimum Gasteiger partial charge on any atom is -0.870 e. The van der Waals surface area contributed by atoms with Crippen molar-refractivity contribution in [3.05, 3.63) is 0 Å². The second-order valence-corrected chi connectivity index (χ2v) is 43.5. The van der Waals surface area contributed by atoms with Crippen LogP contribution >= 0.6 is 0 Å². The Morgan fingerprint density at radius 3 is 0.627 bits per heavy atom. The molecule has 18 heteroatoms. The van der Waals surface area contributed by atoms with E-state index in [1.54, 1.807) is 0 Å².